The number of benzene rings is 2. The van der Waals surface area contributed by atoms with E-state index in [4.69, 9.17) is 18.9 Å². The minimum Gasteiger partial charge on any atom is -0.496 e. The van der Waals surface area contributed by atoms with E-state index >= 15 is 0 Å². The molecular weight excluding hydrogens is 566 g/mol. The Hall–Kier alpha value is -4.74. The molecule has 1 aliphatic heterocycles. The molecule has 2 bridgehead atoms. The second-order valence-corrected chi connectivity index (χ2v) is 10.8. The van der Waals surface area contributed by atoms with Gasteiger partial charge in [-0.05, 0) is 30.9 Å². The summed E-state index contributed by atoms with van der Waals surface area (Å²) in [4.78, 5) is 46.5. The molecule has 4 rings (SSSR count). The Balaban J connectivity index is 1.64. The van der Waals surface area contributed by atoms with Crippen molar-refractivity contribution in [2.45, 2.75) is 39.3 Å². The van der Waals surface area contributed by atoms with E-state index in [1.54, 1.807) is 12.3 Å². The van der Waals surface area contributed by atoms with Crippen molar-refractivity contribution in [2.24, 2.45) is 5.92 Å². The van der Waals surface area contributed by atoms with Gasteiger partial charge in [0.25, 0.3) is 5.91 Å². The topological polar surface area (TPSA) is 133 Å². The maximum Gasteiger partial charge on any atom is 0.258 e. The highest BCUT2D eigenvalue weighted by Gasteiger charge is 2.27. The van der Waals surface area contributed by atoms with Crippen molar-refractivity contribution in [3.05, 3.63) is 54.4 Å². The number of hydrogen-bond acceptors (Lipinski definition) is 8. The van der Waals surface area contributed by atoms with Gasteiger partial charge in [-0.15, -0.1) is 0 Å². The van der Waals surface area contributed by atoms with Crippen molar-refractivity contribution in [1.29, 1.82) is 0 Å². The van der Waals surface area contributed by atoms with Crippen LogP contribution in [0.4, 0.5) is 0 Å². The molecule has 3 amide bonds. The van der Waals surface area contributed by atoms with Crippen molar-refractivity contribution in [3.63, 3.8) is 0 Å². The molecule has 236 valence electrons. The molecule has 0 aliphatic carbocycles. The quantitative estimate of drug-likeness (QED) is 0.437. The molecule has 2 heterocycles. The van der Waals surface area contributed by atoms with Crippen LogP contribution in [0.1, 0.15) is 37.0 Å². The third kappa shape index (κ3) is 8.00. The lowest BCUT2D eigenvalue weighted by molar-refractivity contribution is -0.129. The van der Waals surface area contributed by atoms with E-state index in [0.717, 1.165) is 11.4 Å². The Morgan fingerprint density at radius 3 is 2.52 bits per heavy atom. The number of amides is 3. The number of methoxy groups -OCH3 is 3. The monoisotopic (exact) mass is 607 g/mol. The summed E-state index contributed by atoms with van der Waals surface area (Å²) < 4.78 is 24.3. The van der Waals surface area contributed by atoms with Crippen molar-refractivity contribution in [1.82, 2.24) is 25.1 Å². The predicted molar refractivity (Wildman–Crippen MR) is 164 cm³/mol. The molecule has 1 aromatic heterocycles. The maximum absolute atomic E-state index is 13.9. The van der Waals surface area contributed by atoms with Crippen LogP contribution in [0.15, 0.2) is 48.8 Å². The first-order valence-corrected chi connectivity index (χ1v) is 14.6. The summed E-state index contributed by atoms with van der Waals surface area (Å²) in [6.45, 7) is 5.02. The number of imidazole rings is 1. The van der Waals surface area contributed by atoms with Crippen molar-refractivity contribution < 1.29 is 33.3 Å². The van der Waals surface area contributed by atoms with Crippen LogP contribution in [0, 0.1) is 5.92 Å². The lowest BCUT2D eigenvalue weighted by Crippen LogP contribution is -2.51. The zero-order chi connectivity index (χ0) is 31.6. The maximum atomic E-state index is 13.9. The second kappa shape index (κ2) is 15.1. The number of fused-ring (bicyclic) bond motifs is 4. The summed E-state index contributed by atoms with van der Waals surface area (Å²) in [5, 5.41) is 5.80. The number of rotatable bonds is 6. The van der Waals surface area contributed by atoms with Gasteiger partial charge in [0.15, 0.2) is 11.5 Å². The van der Waals surface area contributed by atoms with Gasteiger partial charge in [0.1, 0.15) is 23.4 Å². The molecule has 0 saturated heterocycles. The Bertz CT molecular complexity index is 1450. The summed E-state index contributed by atoms with van der Waals surface area (Å²) in [6, 6.07) is 9.94. The Kier molecular flexibility index (Phi) is 11.1. The van der Waals surface area contributed by atoms with Crippen molar-refractivity contribution in [2.75, 3.05) is 47.6 Å². The molecule has 0 unspecified atom stereocenters. The van der Waals surface area contributed by atoms with E-state index in [2.05, 4.69) is 15.6 Å². The summed E-state index contributed by atoms with van der Waals surface area (Å²) >= 11 is 0. The van der Waals surface area contributed by atoms with E-state index in [1.807, 2.05) is 48.9 Å². The summed E-state index contributed by atoms with van der Waals surface area (Å²) in [5.74, 6) is 1.39. The van der Waals surface area contributed by atoms with E-state index in [9.17, 15) is 14.4 Å². The van der Waals surface area contributed by atoms with Crippen LogP contribution in [-0.4, -0.2) is 85.8 Å². The lowest BCUT2D eigenvalue weighted by Gasteiger charge is -2.26. The van der Waals surface area contributed by atoms with Gasteiger partial charge >= 0.3 is 0 Å². The molecule has 2 aromatic carbocycles. The fourth-order valence-electron chi connectivity index (χ4n) is 5.08. The smallest absolute Gasteiger partial charge is 0.258 e. The molecule has 1 atom stereocenters. The summed E-state index contributed by atoms with van der Waals surface area (Å²) in [5.41, 5.74) is 1.09. The highest BCUT2D eigenvalue weighted by atomic mass is 16.5. The number of ether oxygens (including phenoxy) is 4. The van der Waals surface area contributed by atoms with Crippen LogP contribution >= 0.6 is 0 Å². The third-order valence-corrected chi connectivity index (χ3v) is 7.22. The van der Waals surface area contributed by atoms with Gasteiger partial charge in [-0.3, -0.25) is 14.4 Å². The molecule has 0 spiro atoms. The first-order valence-electron chi connectivity index (χ1n) is 14.6. The number of nitrogens with one attached hydrogen (secondary N) is 2. The zero-order valence-corrected chi connectivity index (χ0v) is 25.9. The largest absolute Gasteiger partial charge is 0.496 e. The van der Waals surface area contributed by atoms with E-state index in [1.165, 1.54) is 32.3 Å². The van der Waals surface area contributed by atoms with Crippen LogP contribution in [-0.2, 0) is 16.1 Å². The first kappa shape index (κ1) is 32.2. The average molecular weight is 608 g/mol. The number of nitrogens with zero attached hydrogens (tertiary/aromatic N) is 3. The molecule has 0 saturated carbocycles. The van der Waals surface area contributed by atoms with Gasteiger partial charge in [0, 0.05) is 49.7 Å². The molecule has 2 N–H and O–H groups in total. The molecule has 0 fully saturated rings. The van der Waals surface area contributed by atoms with E-state index in [0.29, 0.717) is 49.8 Å². The number of hydrogen-bond donors (Lipinski definition) is 2. The van der Waals surface area contributed by atoms with Crippen LogP contribution < -0.4 is 29.6 Å². The molecular formula is C32H41N5O7. The van der Waals surface area contributed by atoms with E-state index in [-0.39, 0.29) is 36.2 Å². The number of carbonyl (C=O) groups excluding carboxylic acids is 3. The standard InChI is InChI=1S/C32H41N5O7/c1-21(2)16-25-31(39)34-11-14-36-13-10-33-30(36)22-8-6-9-23(17-22)44-15-7-12-37(20-29(38)35-25)32(40)24-18-27(42-4)28(43-5)19-26(24)41-3/h6,8-10,13,17-19,21,25H,7,11-12,14-16,20H2,1-5H3,(H,34,39)(H,35,38)/t25-/m1/s1. The van der Waals surface area contributed by atoms with Gasteiger partial charge in [-0.25, -0.2) is 4.98 Å². The summed E-state index contributed by atoms with van der Waals surface area (Å²) in [6.07, 6.45) is 4.45. The Labute approximate surface area is 257 Å². The third-order valence-electron chi connectivity index (χ3n) is 7.22. The van der Waals surface area contributed by atoms with Crippen molar-refractivity contribution >= 4 is 17.7 Å². The molecule has 44 heavy (non-hydrogen) atoms. The molecule has 0 radical (unpaired) electrons. The van der Waals surface area contributed by atoms with Crippen LogP contribution in [0.3, 0.4) is 0 Å². The van der Waals surface area contributed by atoms with Gasteiger partial charge in [0.2, 0.25) is 11.8 Å². The lowest BCUT2D eigenvalue weighted by atomic mass is 10.0. The minimum absolute atomic E-state index is 0.141. The van der Waals surface area contributed by atoms with E-state index < -0.39 is 17.9 Å². The van der Waals surface area contributed by atoms with Crippen LogP contribution in [0.2, 0.25) is 0 Å². The average Bonchev–Trinajstić information content (AvgIpc) is 3.49. The normalized spacial score (nSPS) is 16.5. The number of carbonyl (C=O) groups is 3. The highest BCUT2D eigenvalue weighted by Crippen LogP contribution is 2.35. The summed E-state index contributed by atoms with van der Waals surface area (Å²) in [7, 11) is 4.42. The fraction of sp³-hybridized carbons (Fsp3) is 0.438. The fourth-order valence-corrected chi connectivity index (χ4v) is 5.08. The molecule has 12 nitrogen and oxygen atoms in total. The first-order chi connectivity index (χ1) is 21.2. The van der Waals surface area contributed by atoms with Crippen LogP contribution in [0.5, 0.6) is 23.0 Å². The highest BCUT2D eigenvalue weighted by molar-refractivity contribution is 6.00. The second-order valence-electron chi connectivity index (χ2n) is 10.8. The Morgan fingerprint density at radius 2 is 1.80 bits per heavy atom. The minimum atomic E-state index is -0.767. The van der Waals surface area contributed by atoms with Crippen LogP contribution in [0.25, 0.3) is 11.4 Å². The molecule has 3 aromatic rings. The van der Waals surface area contributed by atoms with Gasteiger partial charge in [-0.1, -0.05) is 26.0 Å². The predicted octanol–water partition coefficient (Wildman–Crippen LogP) is 3.15. The SMILES string of the molecule is COc1cc(OC)c(C(=O)N2CCCOc3cccc(c3)-c3nccn3CCNC(=O)[C@@H](CC(C)C)NC(=O)C2)cc1OC. The number of aromatic nitrogens is 2. The molecule has 12 heteroatoms. The van der Waals surface area contributed by atoms with Gasteiger partial charge in [0.05, 0.1) is 40.0 Å². The van der Waals surface area contributed by atoms with Crippen molar-refractivity contribution in [3.8, 4) is 34.4 Å². The van der Waals surface area contributed by atoms with Gasteiger partial charge in [-0.2, -0.15) is 0 Å². The van der Waals surface area contributed by atoms with Gasteiger partial charge < -0.3 is 39.0 Å². The zero-order valence-electron chi connectivity index (χ0n) is 25.9. The molecule has 1 aliphatic rings. The Morgan fingerprint density at radius 1 is 1.05 bits per heavy atom.